The summed E-state index contributed by atoms with van der Waals surface area (Å²) >= 11 is 0. The summed E-state index contributed by atoms with van der Waals surface area (Å²) in [6.07, 6.45) is 6.24. The number of pyridine rings is 1. The van der Waals surface area contributed by atoms with Gasteiger partial charge in [-0.05, 0) is 44.5 Å². The lowest BCUT2D eigenvalue weighted by Gasteiger charge is -2.23. The number of carbonyl (C=O) groups is 1. The zero-order valence-electron chi connectivity index (χ0n) is 11.6. The smallest absolute Gasteiger partial charge is 0.170 e. The number of rotatable bonds is 4. The van der Waals surface area contributed by atoms with E-state index in [0.717, 1.165) is 36.9 Å². The molecule has 0 bridgehead atoms. The molecule has 0 aromatic carbocycles. The lowest BCUT2D eigenvalue weighted by Crippen LogP contribution is -2.33. The third-order valence-electron chi connectivity index (χ3n) is 3.98. The number of aromatic nitrogens is 1. The van der Waals surface area contributed by atoms with Crippen LogP contribution in [0.15, 0.2) is 17.3 Å². The predicted octanol–water partition coefficient (Wildman–Crippen LogP) is 1.46. The van der Waals surface area contributed by atoms with Crippen LogP contribution in [0.1, 0.15) is 35.3 Å². The molecular weight excluding hydrogens is 252 g/mol. The molecule has 5 nitrogen and oxygen atoms in total. The first kappa shape index (κ1) is 13.4. The van der Waals surface area contributed by atoms with Gasteiger partial charge < -0.3 is 10.6 Å². The molecule has 1 fully saturated rings. The van der Waals surface area contributed by atoms with Gasteiger partial charge in [-0.15, -0.1) is 0 Å². The average molecular weight is 272 g/mol. The second kappa shape index (κ2) is 6.24. The molecule has 2 N–H and O–H groups in total. The Balaban J connectivity index is 1.62. The maximum atomic E-state index is 11.8. The van der Waals surface area contributed by atoms with Crippen molar-refractivity contribution < 1.29 is 4.79 Å². The fourth-order valence-corrected chi connectivity index (χ4v) is 2.81. The molecule has 5 heteroatoms. The minimum atomic E-state index is 0.136. The Hall–Kier alpha value is -1.59. The molecule has 20 heavy (non-hydrogen) atoms. The summed E-state index contributed by atoms with van der Waals surface area (Å²) in [5.41, 5.74) is 2.34. The molecule has 1 aromatic rings. The van der Waals surface area contributed by atoms with Gasteiger partial charge in [0.25, 0.3) is 0 Å². The molecule has 1 saturated heterocycles. The Bertz CT molecular complexity index is 521. The number of hydrogen-bond acceptors (Lipinski definition) is 5. The summed E-state index contributed by atoms with van der Waals surface area (Å²) in [4.78, 5) is 20.5. The summed E-state index contributed by atoms with van der Waals surface area (Å²) in [6, 6.07) is 1.77. The summed E-state index contributed by atoms with van der Waals surface area (Å²) in [5, 5.41) is 6.83. The Morgan fingerprint density at radius 1 is 1.35 bits per heavy atom. The van der Waals surface area contributed by atoms with Gasteiger partial charge in [0.2, 0.25) is 0 Å². The molecule has 0 unspecified atom stereocenters. The van der Waals surface area contributed by atoms with Crippen LogP contribution < -0.4 is 10.6 Å². The number of fused-ring (bicyclic) bond motifs is 1. The fraction of sp³-hybridized carbons (Fsp3) is 0.533. The van der Waals surface area contributed by atoms with E-state index in [1.54, 1.807) is 18.5 Å². The number of carbonyl (C=O) groups excluding carboxylic acids is 1. The van der Waals surface area contributed by atoms with E-state index in [9.17, 15) is 4.79 Å². The third-order valence-corrected chi connectivity index (χ3v) is 3.98. The molecule has 0 atom stereocenters. The summed E-state index contributed by atoms with van der Waals surface area (Å²) in [7, 11) is 0. The lowest BCUT2D eigenvalue weighted by atomic mass is 9.98. The van der Waals surface area contributed by atoms with Crippen molar-refractivity contribution in [3.63, 3.8) is 0 Å². The summed E-state index contributed by atoms with van der Waals surface area (Å²) < 4.78 is 0. The first-order valence-corrected chi connectivity index (χ1v) is 7.29. The highest BCUT2D eigenvalue weighted by molar-refractivity contribution is 6.10. The quantitative estimate of drug-likeness (QED) is 0.871. The largest absolute Gasteiger partial charge is 0.317 e. The number of nitrogens with zero attached hydrogens (tertiary/aromatic N) is 2. The van der Waals surface area contributed by atoms with Crippen molar-refractivity contribution in [3.05, 3.63) is 23.5 Å². The Kier molecular flexibility index (Phi) is 4.18. The fourth-order valence-electron chi connectivity index (χ4n) is 2.81. The maximum absolute atomic E-state index is 11.8. The Labute approximate surface area is 118 Å². The minimum Gasteiger partial charge on any atom is -0.317 e. The molecule has 2 aliphatic heterocycles. The van der Waals surface area contributed by atoms with Crippen LogP contribution in [0, 0.1) is 5.92 Å². The van der Waals surface area contributed by atoms with Crippen molar-refractivity contribution >= 4 is 17.7 Å². The third kappa shape index (κ3) is 2.94. The van der Waals surface area contributed by atoms with Crippen LogP contribution in [0.4, 0.5) is 5.69 Å². The van der Waals surface area contributed by atoms with Crippen molar-refractivity contribution in [1.82, 2.24) is 15.6 Å². The number of piperidine rings is 1. The summed E-state index contributed by atoms with van der Waals surface area (Å²) in [5.74, 6) is 0.873. The van der Waals surface area contributed by atoms with Crippen LogP contribution in [0.5, 0.6) is 0 Å². The van der Waals surface area contributed by atoms with E-state index in [0.29, 0.717) is 18.5 Å². The first-order chi connectivity index (χ1) is 9.84. The second-order valence-corrected chi connectivity index (χ2v) is 5.42. The molecule has 3 heterocycles. The van der Waals surface area contributed by atoms with E-state index in [4.69, 9.17) is 0 Å². The highest BCUT2D eigenvalue weighted by Gasteiger charge is 2.18. The van der Waals surface area contributed by atoms with Gasteiger partial charge in [-0.3, -0.25) is 14.8 Å². The van der Waals surface area contributed by atoms with Crippen LogP contribution in [0.2, 0.25) is 0 Å². The van der Waals surface area contributed by atoms with Crippen LogP contribution >= 0.6 is 0 Å². The van der Waals surface area contributed by atoms with Crippen LogP contribution in [-0.4, -0.2) is 36.6 Å². The van der Waals surface area contributed by atoms with Gasteiger partial charge in [0, 0.05) is 30.9 Å². The molecular formula is C15H20N4O. The number of ketones is 1. The van der Waals surface area contributed by atoms with E-state index in [-0.39, 0.29) is 5.78 Å². The molecule has 0 radical (unpaired) electrons. The molecule has 106 valence electrons. The highest BCUT2D eigenvalue weighted by Crippen LogP contribution is 2.26. The van der Waals surface area contributed by atoms with E-state index < -0.39 is 0 Å². The van der Waals surface area contributed by atoms with Gasteiger partial charge >= 0.3 is 0 Å². The monoisotopic (exact) mass is 272 g/mol. The molecule has 0 saturated carbocycles. The van der Waals surface area contributed by atoms with Gasteiger partial charge in [-0.1, -0.05) is 0 Å². The van der Waals surface area contributed by atoms with E-state index in [1.807, 2.05) is 0 Å². The van der Waals surface area contributed by atoms with Crippen molar-refractivity contribution in [1.29, 1.82) is 0 Å². The van der Waals surface area contributed by atoms with E-state index >= 15 is 0 Å². The standard InChI is InChI=1S/C15H20N4O/c20-14-4-8-19-15-12(14)3-7-18-13(15)10-17-9-11-1-5-16-6-2-11/h3,7-8,11,16-17H,1-2,4-6,9-10H2. The zero-order chi connectivity index (χ0) is 13.8. The lowest BCUT2D eigenvalue weighted by molar-refractivity contribution is 0.100. The average Bonchev–Trinajstić information content (AvgIpc) is 2.49. The SMILES string of the molecule is O=C1CC=Nc2c1ccnc2CNCC1CCNCC1. The molecule has 3 rings (SSSR count). The van der Waals surface area contributed by atoms with E-state index in [2.05, 4.69) is 20.6 Å². The van der Waals surface area contributed by atoms with Crippen molar-refractivity contribution in [2.75, 3.05) is 19.6 Å². The Morgan fingerprint density at radius 3 is 3.05 bits per heavy atom. The van der Waals surface area contributed by atoms with Crippen LogP contribution in [0.3, 0.4) is 0 Å². The minimum absolute atomic E-state index is 0.136. The van der Waals surface area contributed by atoms with Crippen LogP contribution in [0.25, 0.3) is 0 Å². The number of aliphatic imine (C=N–C) groups is 1. The number of nitrogens with one attached hydrogen (secondary N) is 2. The summed E-state index contributed by atoms with van der Waals surface area (Å²) in [6.45, 7) is 3.91. The second-order valence-electron chi connectivity index (χ2n) is 5.42. The zero-order valence-corrected chi connectivity index (χ0v) is 11.6. The molecule has 0 amide bonds. The van der Waals surface area contributed by atoms with Gasteiger partial charge in [0.15, 0.2) is 5.78 Å². The normalized spacial score (nSPS) is 19.1. The molecule has 2 aliphatic rings. The van der Waals surface area contributed by atoms with Gasteiger partial charge in [-0.2, -0.15) is 0 Å². The molecule has 0 spiro atoms. The van der Waals surface area contributed by atoms with Crippen molar-refractivity contribution in [2.45, 2.75) is 25.8 Å². The number of hydrogen-bond donors (Lipinski definition) is 2. The van der Waals surface area contributed by atoms with Crippen molar-refractivity contribution in [3.8, 4) is 0 Å². The van der Waals surface area contributed by atoms with Gasteiger partial charge in [0.1, 0.15) is 0 Å². The molecule has 0 aliphatic carbocycles. The molecule has 1 aromatic heterocycles. The maximum Gasteiger partial charge on any atom is 0.170 e. The van der Waals surface area contributed by atoms with Gasteiger partial charge in [0.05, 0.1) is 11.4 Å². The van der Waals surface area contributed by atoms with Crippen molar-refractivity contribution in [2.24, 2.45) is 10.9 Å². The van der Waals surface area contributed by atoms with E-state index in [1.165, 1.54) is 12.8 Å². The highest BCUT2D eigenvalue weighted by atomic mass is 16.1. The Morgan fingerprint density at radius 2 is 2.20 bits per heavy atom. The van der Waals surface area contributed by atoms with Gasteiger partial charge in [-0.25, -0.2) is 0 Å². The topological polar surface area (TPSA) is 66.4 Å². The van der Waals surface area contributed by atoms with Crippen LogP contribution in [-0.2, 0) is 6.54 Å². The number of Topliss-reactive ketones (excluding diaryl/α,β-unsaturated/α-hetero) is 1. The predicted molar refractivity (Wildman–Crippen MR) is 78.6 cm³/mol. The first-order valence-electron chi connectivity index (χ1n) is 7.29.